The summed E-state index contributed by atoms with van der Waals surface area (Å²) < 4.78 is 12.9. The first kappa shape index (κ1) is 22.9. The second-order valence-corrected chi connectivity index (χ2v) is 8.07. The van der Waals surface area contributed by atoms with E-state index in [9.17, 15) is 14.0 Å². The highest BCUT2D eigenvalue weighted by Crippen LogP contribution is 2.18. The van der Waals surface area contributed by atoms with Gasteiger partial charge in [0, 0.05) is 38.4 Å². The standard InChI is InChI=1S/C24H31FN4O2/c1-18-4-3-5-22(19(18)2)27-24(31)17-29-14-12-28(13-15-29)16-23(30)26-11-10-20-6-8-21(25)9-7-20/h3-9H,10-17H2,1-2H3,(H,26,30)(H,27,31). The molecule has 0 aliphatic carbocycles. The molecule has 0 atom stereocenters. The van der Waals surface area contributed by atoms with E-state index in [2.05, 4.69) is 20.4 Å². The van der Waals surface area contributed by atoms with E-state index in [1.807, 2.05) is 32.0 Å². The van der Waals surface area contributed by atoms with Crippen molar-refractivity contribution in [3.63, 3.8) is 0 Å². The second-order valence-electron chi connectivity index (χ2n) is 8.07. The van der Waals surface area contributed by atoms with Crippen molar-refractivity contribution in [3.05, 3.63) is 65.0 Å². The molecule has 1 heterocycles. The van der Waals surface area contributed by atoms with Crippen molar-refractivity contribution in [2.45, 2.75) is 20.3 Å². The maximum absolute atomic E-state index is 12.9. The molecule has 1 aliphatic heterocycles. The fraction of sp³-hybridized carbons (Fsp3) is 0.417. The fourth-order valence-corrected chi connectivity index (χ4v) is 3.64. The highest BCUT2D eigenvalue weighted by Gasteiger charge is 2.20. The Morgan fingerprint density at radius 3 is 2.16 bits per heavy atom. The number of carbonyl (C=O) groups is 2. The number of nitrogens with one attached hydrogen (secondary N) is 2. The molecule has 2 amide bonds. The van der Waals surface area contributed by atoms with Crippen molar-refractivity contribution in [1.82, 2.24) is 15.1 Å². The van der Waals surface area contributed by atoms with Crippen LogP contribution in [-0.2, 0) is 16.0 Å². The Morgan fingerprint density at radius 2 is 1.52 bits per heavy atom. The summed E-state index contributed by atoms with van der Waals surface area (Å²) in [5.74, 6) is -0.279. The number of hydrogen-bond acceptors (Lipinski definition) is 4. The average molecular weight is 427 g/mol. The SMILES string of the molecule is Cc1cccc(NC(=O)CN2CCN(CC(=O)NCCc3ccc(F)cc3)CC2)c1C. The Balaban J connectivity index is 1.33. The van der Waals surface area contributed by atoms with Crippen LogP contribution in [0.1, 0.15) is 16.7 Å². The minimum absolute atomic E-state index is 0.0109. The number of anilines is 1. The lowest BCUT2D eigenvalue weighted by Gasteiger charge is -2.33. The van der Waals surface area contributed by atoms with Crippen LogP contribution in [0.2, 0.25) is 0 Å². The number of amides is 2. The summed E-state index contributed by atoms with van der Waals surface area (Å²) in [5, 5.41) is 5.92. The highest BCUT2D eigenvalue weighted by molar-refractivity contribution is 5.93. The van der Waals surface area contributed by atoms with E-state index in [1.54, 1.807) is 12.1 Å². The second kappa shape index (κ2) is 11.0. The summed E-state index contributed by atoms with van der Waals surface area (Å²) in [5.41, 5.74) is 4.10. The molecule has 1 fully saturated rings. The molecule has 0 unspecified atom stereocenters. The molecule has 0 spiro atoms. The van der Waals surface area contributed by atoms with Crippen molar-refractivity contribution in [1.29, 1.82) is 0 Å². The van der Waals surface area contributed by atoms with E-state index in [1.165, 1.54) is 12.1 Å². The van der Waals surface area contributed by atoms with Gasteiger partial charge < -0.3 is 10.6 Å². The van der Waals surface area contributed by atoms with Crippen LogP contribution < -0.4 is 10.6 Å². The first-order valence-electron chi connectivity index (χ1n) is 10.7. The third-order valence-electron chi connectivity index (χ3n) is 5.73. The molecule has 0 aromatic heterocycles. The van der Waals surface area contributed by atoms with E-state index < -0.39 is 0 Å². The van der Waals surface area contributed by atoms with Crippen LogP contribution in [0.25, 0.3) is 0 Å². The van der Waals surface area contributed by atoms with Gasteiger partial charge in [-0.15, -0.1) is 0 Å². The molecule has 2 N–H and O–H groups in total. The first-order chi connectivity index (χ1) is 14.9. The van der Waals surface area contributed by atoms with Crippen LogP contribution in [0.15, 0.2) is 42.5 Å². The Bertz CT molecular complexity index is 893. The van der Waals surface area contributed by atoms with Crippen molar-refractivity contribution in [2.24, 2.45) is 0 Å². The van der Waals surface area contributed by atoms with E-state index in [0.29, 0.717) is 26.1 Å². The number of halogens is 1. The number of carbonyl (C=O) groups excluding carboxylic acids is 2. The number of benzene rings is 2. The molecule has 7 heteroatoms. The lowest BCUT2D eigenvalue weighted by molar-refractivity contribution is -0.123. The van der Waals surface area contributed by atoms with Gasteiger partial charge in [-0.1, -0.05) is 24.3 Å². The third-order valence-corrected chi connectivity index (χ3v) is 5.73. The topological polar surface area (TPSA) is 64.7 Å². The normalized spacial score (nSPS) is 14.9. The van der Waals surface area contributed by atoms with E-state index >= 15 is 0 Å². The number of aryl methyl sites for hydroxylation is 1. The summed E-state index contributed by atoms with van der Waals surface area (Å²) in [7, 11) is 0. The van der Waals surface area contributed by atoms with E-state index in [0.717, 1.165) is 48.6 Å². The highest BCUT2D eigenvalue weighted by atomic mass is 19.1. The van der Waals surface area contributed by atoms with Crippen LogP contribution >= 0.6 is 0 Å². The molecule has 166 valence electrons. The Hall–Kier alpha value is -2.77. The van der Waals surface area contributed by atoms with Gasteiger partial charge in [0.2, 0.25) is 11.8 Å². The smallest absolute Gasteiger partial charge is 0.238 e. The van der Waals surface area contributed by atoms with Gasteiger partial charge in [0.05, 0.1) is 13.1 Å². The molecule has 0 saturated carbocycles. The monoisotopic (exact) mass is 426 g/mol. The Morgan fingerprint density at radius 1 is 0.903 bits per heavy atom. The van der Waals surface area contributed by atoms with Crippen LogP contribution in [0, 0.1) is 19.7 Å². The first-order valence-corrected chi connectivity index (χ1v) is 10.7. The summed E-state index contributed by atoms with van der Waals surface area (Å²) >= 11 is 0. The van der Waals surface area contributed by atoms with E-state index in [4.69, 9.17) is 0 Å². The quantitative estimate of drug-likeness (QED) is 0.680. The zero-order chi connectivity index (χ0) is 22.2. The van der Waals surface area contributed by atoms with Crippen LogP contribution in [0.4, 0.5) is 10.1 Å². The molecule has 6 nitrogen and oxygen atoms in total. The fourth-order valence-electron chi connectivity index (χ4n) is 3.64. The maximum atomic E-state index is 12.9. The van der Waals surface area contributed by atoms with Gasteiger partial charge in [-0.2, -0.15) is 0 Å². The van der Waals surface area contributed by atoms with Gasteiger partial charge in [0.25, 0.3) is 0 Å². The van der Waals surface area contributed by atoms with Gasteiger partial charge in [-0.25, -0.2) is 4.39 Å². The lowest BCUT2D eigenvalue weighted by Crippen LogP contribution is -2.51. The molecule has 2 aromatic rings. The predicted molar refractivity (Wildman–Crippen MR) is 121 cm³/mol. The van der Waals surface area contributed by atoms with Crippen molar-refractivity contribution in [3.8, 4) is 0 Å². The number of hydrogen-bond donors (Lipinski definition) is 2. The zero-order valence-corrected chi connectivity index (χ0v) is 18.3. The number of nitrogens with zero attached hydrogens (tertiary/aromatic N) is 2. The number of piperazine rings is 1. The van der Waals surface area contributed by atoms with Crippen LogP contribution in [0.5, 0.6) is 0 Å². The molecule has 3 rings (SSSR count). The van der Waals surface area contributed by atoms with Crippen molar-refractivity contribution in [2.75, 3.05) is 51.1 Å². The molecule has 31 heavy (non-hydrogen) atoms. The van der Waals surface area contributed by atoms with Gasteiger partial charge >= 0.3 is 0 Å². The van der Waals surface area contributed by atoms with Gasteiger partial charge in [0.15, 0.2) is 0 Å². The van der Waals surface area contributed by atoms with Crippen molar-refractivity contribution < 1.29 is 14.0 Å². The zero-order valence-electron chi connectivity index (χ0n) is 18.3. The van der Waals surface area contributed by atoms with Crippen molar-refractivity contribution >= 4 is 17.5 Å². The number of rotatable bonds is 8. The van der Waals surface area contributed by atoms with Gasteiger partial charge in [-0.3, -0.25) is 19.4 Å². The molecular formula is C24H31FN4O2. The molecule has 1 saturated heterocycles. The third kappa shape index (κ3) is 7.15. The molecule has 2 aromatic carbocycles. The van der Waals surface area contributed by atoms with Crippen LogP contribution in [0.3, 0.4) is 0 Å². The summed E-state index contributed by atoms with van der Waals surface area (Å²) in [4.78, 5) is 28.8. The summed E-state index contributed by atoms with van der Waals surface area (Å²) in [6.07, 6.45) is 0.676. The summed E-state index contributed by atoms with van der Waals surface area (Å²) in [6.45, 7) is 8.29. The Kier molecular flexibility index (Phi) is 8.14. The van der Waals surface area contributed by atoms with E-state index in [-0.39, 0.29) is 17.6 Å². The lowest BCUT2D eigenvalue weighted by atomic mass is 10.1. The largest absolute Gasteiger partial charge is 0.355 e. The maximum Gasteiger partial charge on any atom is 0.238 e. The minimum atomic E-state index is -0.255. The van der Waals surface area contributed by atoms with Crippen LogP contribution in [-0.4, -0.2) is 67.4 Å². The van der Waals surface area contributed by atoms with Gasteiger partial charge in [0.1, 0.15) is 5.82 Å². The molecule has 0 radical (unpaired) electrons. The molecule has 1 aliphatic rings. The molecule has 0 bridgehead atoms. The predicted octanol–water partition coefficient (Wildman–Crippen LogP) is 2.36. The average Bonchev–Trinajstić information content (AvgIpc) is 2.74. The Labute approximate surface area is 183 Å². The minimum Gasteiger partial charge on any atom is -0.355 e. The molecular weight excluding hydrogens is 395 g/mol. The summed E-state index contributed by atoms with van der Waals surface area (Å²) in [6, 6.07) is 12.2. The van der Waals surface area contributed by atoms with Gasteiger partial charge in [-0.05, 0) is 55.2 Å².